The molecule has 3 rings (SSSR count). The second kappa shape index (κ2) is 10.8. The SMILES string of the molecule is COC(=O)CCN(Cc1ccccc1)C(=O)c1cccc(S(=O)(=O)N(C)c2ccccc2)c1. The first-order valence-corrected chi connectivity index (χ1v) is 11.8. The maximum Gasteiger partial charge on any atom is 0.307 e. The van der Waals surface area contributed by atoms with Gasteiger partial charge in [-0.05, 0) is 35.9 Å². The molecule has 0 saturated carbocycles. The highest BCUT2D eigenvalue weighted by atomic mass is 32.2. The van der Waals surface area contributed by atoms with Gasteiger partial charge in [0, 0.05) is 25.7 Å². The summed E-state index contributed by atoms with van der Waals surface area (Å²) in [6.45, 7) is 0.416. The Morgan fingerprint density at radius 1 is 0.879 bits per heavy atom. The van der Waals surface area contributed by atoms with Gasteiger partial charge in [0.15, 0.2) is 0 Å². The summed E-state index contributed by atoms with van der Waals surface area (Å²) < 4.78 is 32.2. The standard InChI is InChI=1S/C25H26N2O5S/c1-26(22-13-7-4-8-14-22)33(30,31)23-15-9-12-21(18-23)25(29)27(17-16-24(28)32-2)19-20-10-5-3-6-11-20/h3-15,18H,16-17,19H2,1-2H3. The summed E-state index contributed by atoms with van der Waals surface area (Å²) in [5, 5.41) is 0. The lowest BCUT2D eigenvalue weighted by Crippen LogP contribution is -2.33. The van der Waals surface area contributed by atoms with E-state index in [2.05, 4.69) is 0 Å². The van der Waals surface area contributed by atoms with E-state index >= 15 is 0 Å². The third-order valence-corrected chi connectivity index (χ3v) is 6.96. The van der Waals surface area contributed by atoms with Crippen molar-refractivity contribution in [3.05, 3.63) is 96.1 Å². The van der Waals surface area contributed by atoms with E-state index in [0.717, 1.165) is 5.56 Å². The Labute approximate surface area is 194 Å². The molecule has 0 saturated heterocycles. The summed E-state index contributed by atoms with van der Waals surface area (Å²) in [4.78, 5) is 26.5. The van der Waals surface area contributed by atoms with Crippen LogP contribution < -0.4 is 4.31 Å². The van der Waals surface area contributed by atoms with Crippen LogP contribution in [0.5, 0.6) is 0 Å². The number of anilines is 1. The molecular weight excluding hydrogens is 440 g/mol. The van der Waals surface area contributed by atoms with Crippen molar-refractivity contribution < 1.29 is 22.7 Å². The van der Waals surface area contributed by atoms with E-state index in [4.69, 9.17) is 4.74 Å². The van der Waals surface area contributed by atoms with Gasteiger partial charge in [0.05, 0.1) is 24.1 Å². The van der Waals surface area contributed by atoms with Crippen LogP contribution in [0.2, 0.25) is 0 Å². The van der Waals surface area contributed by atoms with Gasteiger partial charge in [0.25, 0.3) is 15.9 Å². The number of methoxy groups -OCH3 is 1. The lowest BCUT2D eigenvalue weighted by Gasteiger charge is -2.23. The van der Waals surface area contributed by atoms with Gasteiger partial charge in [-0.25, -0.2) is 8.42 Å². The highest BCUT2D eigenvalue weighted by molar-refractivity contribution is 7.92. The van der Waals surface area contributed by atoms with Crippen LogP contribution in [0.15, 0.2) is 89.8 Å². The minimum Gasteiger partial charge on any atom is -0.469 e. The quantitative estimate of drug-likeness (QED) is 0.449. The van der Waals surface area contributed by atoms with Crippen molar-refractivity contribution >= 4 is 27.6 Å². The summed E-state index contributed by atoms with van der Waals surface area (Å²) in [5.74, 6) is -0.802. The van der Waals surface area contributed by atoms with Crippen molar-refractivity contribution in [1.29, 1.82) is 0 Å². The first-order valence-electron chi connectivity index (χ1n) is 10.4. The molecule has 0 fully saturated rings. The fraction of sp³-hybridized carbons (Fsp3) is 0.200. The molecule has 0 unspecified atom stereocenters. The fourth-order valence-electron chi connectivity index (χ4n) is 3.29. The van der Waals surface area contributed by atoms with Crippen molar-refractivity contribution in [2.45, 2.75) is 17.9 Å². The molecular formula is C25H26N2O5S. The van der Waals surface area contributed by atoms with Gasteiger partial charge in [0.1, 0.15) is 0 Å². The largest absolute Gasteiger partial charge is 0.469 e. The van der Waals surface area contributed by atoms with E-state index in [0.29, 0.717) is 5.69 Å². The Hall–Kier alpha value is -3.65. The molecule has 0 spiro atoms. The van der Waals surface area contributed by atoms with Crippen LogP contribution in [0.3, 0.4) is 0 Å². The number of ether oxygens (including phenoxy) is 1. The predicted octanol–water partition coefficient (Wildman–Crippen LogP) is 3.72. The number of hydrogen-bond acceptors (Lipinski definition) is 5. The van der Waals surface area contributed by atoms with Crippen LogP contribution >= 0.6 is 0 Å². The number of nitrogens with zero attached hydrogens (tertiary/aromatic N) is 2. The van der Waals surface area contributed by atoms with Gasteiger partial charge >= 0.3 is 5.97 Å². The van der Waals surface area contributed by atoms with Crippen molar-refractivity contribution in [3.63, 3.8) is 0 Å². The second-order valence-corrected chi connectivity index (χ2v) is 9.34. The number of esters is 1. The second-order valence-electron chi connectivity index (χ2n) is 7.37. The molecule has 0 aliphatic heterocycles. The van der Waals surface area contributed by atoms with Crippen LogP contribution in [0, 0.1) is 0 Å². The maximum absolute atomic E-state index is 13.3. The molecule has 3 aromatic carbocycles. The van der Waals surface area contributed by atoms with Crippen LogP contribution in [0.4, 0.5) is 5.69 Å². The molecule has 0 aliphatic rings. The number of amides is 1. The van der Waals surface area contributed by atoms with Gasteiger partial charge in [-0.2, -0.15) is 0 Å². The fourth-order valence-corrected chi connectivity index (χ4v) is 4.53. The minimum absolute atomic E-state index is 0.00679. The van der Waals surface area contributed by atoms with E-state index in [-0.39, 0.29) is 35.9 Å². The number of para-hydroxylation sites is 1. The van der Waals surface area contributed by atoms with Gasteiger partial charge in [-0.1, -0.05) is 54.6 Å². The van der Waals surface area contributed by atoms with E-state index in [1.165, 1.54) is 35.5 Å². The number of sulfonamides is 1. The molecule has 0 N–H and O–H groups in total. The van der Waals surface area contributed by atoms with E-state index in [1.807, 2.05) is 30.3 Å². The molecule has 3 aromatic rings. The van der Waals surface area contributed by atoms with Crippen molar-refractivity contribution in [2.24, 2.45) is 0 Å². The molecule has 0 radical (unpaired) electrons. The van der Waals surface area contributed by atoms with Crippen molar-refractivity contribution in [2.75, 3.05) is 25.0 Å². The van der Waals surface area contributed by atoms with E-state index in [1.54, 1.807) is 42.5 Å². The third-order valence-electron chi connectivity index (χ3n) is 5.18. The van der Waals surface area contributed by atoms with E-state index in [9.17, 15) is 18.0 Å². The van der Waals surface area contributed by atoms with E-state index < -0.39 is 16.0 Å². The first-order chi connectivity index (χ1) is 15.8. The van der Waals surface area contributed by atoms with Gasteiger partial charge in [-0.3, -0.25) is 13.9 Å². The molecule has 33 heavy (non-hydrogen) atoms. The smallest absolute Gasteiger partial charge is 0.307 e. The van der Waals surface area contributed by atoms with Gasteiger partial charge in [-0.15, -0.1) is 0 Å². The number of rotatable bonds is 9. The zero-order valence-electron chi connectivity index (χ0n) is 18.5. The summed E-state index contributed by atoms with van der Waals surface area (Å²) in [6.07, 6.45) is 0.0316. The van der Waals surface area contributed by atoms with Gasteiger partial charge in [0.2, 0.25) is 0 Å². The lowest BCUT2D eigenvalue weighted by atomic mass is 10.1. The molecule has 0 heterocycles. The maximum atomic E-state index is 13.3. The highest BCUT2D eigenvalue weighted by Crippen LogP contribution is 2.23. The zero-order valence-corrected chi connectivity index (χ0v) is 19.4. The molecule has 0 aromatic heterocycles. The van der Waals surface area contributed by atoms with Crippen LogP contribution in [-0.4, -0.2) is 45.9 Å². The Bertz CT molecular complexity index is 1200. The minimum atomic E-state index is -3.87. The molecule has 0 atom stereocenters. The number of hydrogen-bond donors (Lipinski definition) is 0. The van der Waals surface area contributed by atoms with Crippen molar-refractivity contribution in [3.8, 4) is 0 Å². The number of carbonyl (C=O) groups excluding carboxylic acids is 2. The Morgan fingerprint density at radius 3 is 2.15 bits per heavy atom. The Morgan fingerprint density at radius 2 is 1.52 bits per heavy atom. The lowest BCUT2D eigenvalue weighted by molar-refractivity contribution is -0.140. The highest BCUT2D eigenvalue weighted by Gasteiger charge is 2.24. The first kappa shape index (κ1) is 24.0. The van der Waals surface area contributed by atoms with Gasteiger partial charge < -0.3 is 9.64 Å². The van der Waals surface area contributed by atoms with Crippen LogP contribution in [-0.2, 0) is 26.1 Å². The monoisotopic (exact) mass is 466 g/mol. The Kier molecular flexibility index (Phi) is 7.84. The number of carbonyl (C=O) groups is 2. The summed E-state index contributed by atoms with van der Waals surface area (Å²) >= 11 is 0. The zero-order chi connectivity index (χ0) is 23.8. The molecule has 1 amide bonds. The molecule has 172 valence electrons. The Balaban J connectivity index is 1.89. The molecule has 0 aliphatic carbocycles. The molecule has 0 bridgehead atoms. The topological polar surface area (TPSA) is 84.0 Å². The summed E-state index contributed by atoms with van der Waals surface area (Å²) in [5.41, 5.74) is 1.62. The van der Waals surface area contributed by atoms with Crippen LogP contribution in [0.1, 0.15) is 22.3 Å². The molecule has 8 heteroatoms. The predicted molar refractivity (Wildman–Crippen MR) is 126 cm³/mol. The number of benzene rings is 3. The molecule has 7 nitrogen and oxygen atoms in total. The average molecular weight is 467 g/mol. The summed E-state index contributed by atoms with van der Waals surface area (Å²) in [7, 11) is -1.11. The third kappa shape index (κ3) is 5.98. The summed E-state index contributed by atoms with van der Waals surface area (Å²) in [6, 6.07) is 24.0. The average Bonchev–Trinajstić information content (AvgIpc) is 2.86. The van der Waals surface area contributed by atoms with Crippen molar-refractivity contribution in [1.82, 2.24) is 4.90 Å². The van der Waals surface area contributed by atoms with Crippen LogP contribution in [0.25, 0.3) is 0 Å². The normalized spacial score (nSPS) is 11.0.